The quantitative estimate of drug-likeness (QED) is 0.882. The Hall–Kier alpha value is -2.21. The van der Waals surface area contributed by atoms with Crippen molar-refractivity contribution >= 4 is 21.4 Å². The molecule has 116 valence electrons. The van der Waals surface area contributed by atoms with Crippen LogP contribution in [0.15, 0.2) is 41.3 Å². The fourth-order valence-electron chi connectivity index (χ4n) is 2.67. The number of sulfonamides is 1. The summed E-state index contributed by atoms with van der Waals surface area (Å²) in [6.45, 7) is 2.34. The molecular weight excluding hydrogens is 300 g/mol. The predicted molar refractivity (Wildman–Crippen MR) is 86.8 cm³/mol. The van der Waals surface area contributed by atoms with E-state index in [4.69, 9.17) is 10.5 Å². The number of fused-ring (bicyclic) bond motifs is 1. The van der Waals surface area contributed by atoms with Gasteiger partial charge in [0.2, 0.25) is 0 Å². The molecule has 6 heteroatoms. The van der Waals surface area contributed by atoms with Crippen molar-refractivity contribution in [3.05, 3.63) is 47.5 Å². The van der Waals surface area contributed by atoms with Gasteiger partial charge in [-0.1, -0.05) is 17.7 Å². The molecule has 0 spiro atoms. The summed E-state index contributed by atoms with van der Waals surface area (Å²) in [6.07, 6.45) is 0.650. The number of methoxy groups -OCH3 is 1. The van der Waals surface area contributed by atoms with Gasteiger partial charge in [-0.3, -0.25) is 4.31 Å². The normalized spacial score (nSPS) is 14.0. The second kappa shape index (κ2) is 5.21. The van der Waals surface area contributed by atoms with Crippen molar-refractivity contribution < 1.29 is 13.2 Å². The van der Waals surface area contributed by atoms with Gasteiger partial charge >= 0.3 is 0 Å². The van der Waals surface area contributed by atoms with E-state index in [0.29, 0.717) is 35.0 Å². The highest BCUT2D eigenvalue weighted by Gasteiger charge is 2.31. The molecule has 2 aromatic carbocycles. The predicted octanol–water partition coefficient (Wildman–Crippen LogP) is 2.34. The summed E-state index contributed by atoms with van der Waals surface area (Å²) >= 11 is 0. The first-order valence-electron chi connectivity index (χ1n) is 6.99. The maximum atomic E-state index is 12.8. The van der Waals surface area contributed by atoms with Gasteiger partial charge in [-0.2, -0.15) is 0 Å². The minimum Gasteiger partial charge on any atom is -0.495 e. The van der Waals surface area contributed by atoms with Crippen LogP contribution in [0.4, 0.5) is 11.4 Å². The first-order chi connectivity index (χ1) is 10.4. The third kappa shape index (κ3) is 2.29. The van der Waals surface area contributed by atoms with Crippen molar-refractivity contribution in [1.82, 2.24) is 0 Å². The second-order valence-corrected chi connectivity index (χ2v) is 7.23. The zero-order chi connectivity index (χ0) is 15.9. The number of benzene rings is 2. The van der Waals surface area contributed by atoms with E-state index in [0.717, 1.165) is 11.1 Å². The molecule has 5 nitrogen and oxygen atoms in total. The number of anilines is 2. The Morgan fingerprint density at radius 2 is 1.86 bits per heavy atom. The van der Waals surface area contributed by atoms with Gasteiger partial charge in [0.25, 0.3) is 10.0 Å². The van der Waals surface area contributed by atoms with Crippen LogP contribution in [0.2, 0.25) is 0 Å². The highest BCUT2D eigenvalue weighted by atomic mass is 32.2. The summed E-state index contributed by atoms with van der Waals surface area (Å²) < 4.78 is 32.3. The Bertz CT molecular complexity index is 814. The molecule has 1 heterocycles. The Morgan fingerprint density at radius 1 is 1.18 bits per heavy atom. The molecule has 0 saturated heterocycles. The lowest BCUT2D eigenvalue weighted by atomic mass is 10.1. The number of rotatable bonds is 3. The summed E-state index contributed by atoms with van der Waals surface area (Å²) in [7, 11) is -2.02. The Labute approximate surface area is 130 Å². The summed E-state index contributed by atoms with van der Waals surface area (Å²) in [5.74, 6) is 0.577. The zero-order valence-corrected chi connectivity index (χ0v) is 13.4. The maximum Gasteiger partial charge on any atom is 0.264 e. The topological polar surface area (TPSA) is 72.6 Å². The molecule has 3 rings (SSSR count). The fourth-order valence-corrected chi connectivity index (χ4v) is 4.16. The van der Waals surface area contributed by atoms with Gasteiger partial charge in [-0.05, 0) is 43.2 Å². The minimum atomic E-state index is -3.57. The Balaban J connectivity index is 2.05. The number of nitrogen functional groups attached to an aromatic ring is 1. The van der Waals surface area contributed by atoms with Crippen LogP contribution in [0.1, 0.15) is 11.1 Å². The van der Waals surface area contributed by atoms with E-state index < -0.39 is 10.0 Å². The van der Waals surface area contributed by atoms with Crippen molar-refractivity contribution in [2.24, 2.45) is 0 Å². The average molecular weight is 318 g/mol. The second-order valence-electron chi connectivity index (χ2n) is 5.36. The number of hydrogen-bond acceptors (Lipinski definition) is 4. The molecule has 1 aliphatic heterocycles. The zero-order valence-electron chi connectivity index (χ0n) is 12.5. The molecule has 2 N–H and O–H groups in total. The molecule has 0 fully saturated rings. The first-order valence-corrected chi connectivity index (χ1v) is 8.43. The van der Waals surface area contributed by atoms with Crippen molar-refractivity contribution in [3.8, 4) is 5.75 Å². The number of ether oxygens (including phenoxy) is 1. The summed E-state index contributed by atoms with van der Waals surface area (Å²) in [4.78, 5) is 0.292. The van der Waals surface area contributed by atoms with E-state index in [1.807, 2.05) is 13.0 Å². The van der Waals surface area contributed by atoms with Crippen LogP contribution in [0, 0.1) is 6.92 Å². The lowest BCUT2D eigenvalue weighted by Gasteiger charge is -2.20. The van der Waals surface area contributed by atoms with Crippen molar-refractivity contribution in [2.75, 3.05) is 23.7 Å². The van der Waals surface area contributed by atoms with Crippen molar-refractivity contribution in [1.29, 1.82) is 0 Å². The number of hydrogen-bond donors (Lipinski definition) is 1. The molecule has 0 saturated carbocycles. The fraction of sp³-hybridized carbons (Fsp3) is 0.250. The molecule has 0 aliphatic carbocycles. The van der Waals surface area contributed by atoms with Crippen LogP contribution < -0.4 is 14.8 Å². The first kappa shape index (κ1) is 14.7. The number of aryl methyl sites for hydroxylation is 1. The van der Waals surface area contributed by atoms with Gasteiger partial charge in [0.05, 0.1) is 23.4 Å². The number of nitrogens with zero attached hydrogens (tertiary/aromatic N) is 1. The average Bonchev–Trinajstić information content (AvgIpc) is 2.90. The molecule has 2 aromatic rings. The van der Waals surface area contributed by atoms with Gasteiger partial charge in [0, 0.05) is 6.54 Å². The Morgan fingerprint density at radius 3 is 2.50 bits per heavy atom. The van der Waals surface area contributed by atoms with Crippen LogP contribution in [-0.4, -0.2) is 22.1 Å². The van der Waals surface area contributed by atoms with Gasteiger partial charge in [-0.15, -0.1) is 0 Å². The SMILES string of the molecule is COc1cc2c(cc1N)N(S(=O)(=O)c1ccc(C)cc1)CC2. The third-order valence-electron chi connectivity index (χ3n) is 3.89. The lowest BCUT2D eigenvalue weighted by Crippen LogP contribution is -2.29. The van der Waals surface area contributed by atoms with Gasteiger partial charge < -0.3 is 10.5 Å². The molecule has 0 unspecified atom stereocenters. The minimum absolute atomic E-state index is 0.292. The van der Waals surface area contributed by atoms with Crippen LogP contribution in [0.5, 0.6) is 5.75 Å². The van der Waals surface area contributed by atoms with Gasteiger partial charge in [0.1, 0.15) is 5.75 Å². The van der Waals surface area contributed by atoms with E-state index in [-0.39, 0.29) is 0 Å². The molecule has 0 radical (unpaired) electrons. The maximum absolute atomic E-state index is 12.8. The van der Waals surface area contributed by atoms with E-state index in [9.17, 15) is 8.42 Å². The molecule has 0 amide bonds. The molecule has 0 atom stereocenters. The largest absolute Gasteiger partial charge is 0.495 e. The number of nitrogens with two attached hydrogens (primary N) is 1. The van der Waals surface area contributed by atoms with E-state index in [1.165, 1.54) is 4.31 Å². The monoisotopic (exact) mass is 318 g/mol. The van der Waals surface area contributed by atoms with Gasteiger partial charge in [0.15, 0.2) is 0 Å². The van der Waals surface area contributed by atoms with Crippen molar-refractivity contribution in [3.63, 3.8) is 0 Å². The highest BCUT2D eigenvalue weighted by molar-refractivity contribution is 7.92. The molecule has 0 bridgehead atoms. The summed E-state index contributed by atoms with van der Waals surface area (Å²) in [5, 5.41) is 0. The van der Waals surface area contributed by atoms with Gasteiger partial charge in [-0.25, -0.2) is 8.42 Å². The van der Waals surface area contributed by atoms with E-state index >= 15 is 0 Å². The Kier molecular flexibility index (Phi) is 3.48. The standard InChI is InChI=1S/C16H18N2O3S/c1-11-3-5-13(6-4-11)22(19,20)18-8-7-12-9-16(21-2)14(17)10-15(12)18/h3-6,9-10H,7-8,17H2,1-2H3. The summed E-state index contributed by atoms with van der Waals surface area (Å²) in [5.41, 5.74) is 8.95. The van der Waals surface area contributed by atoms with Crippen LogP contribution in [0.3, 0.4) is 0 Å². The van der Waals surface area contributed by atoms with Crippen LogP contribution in [0.25, 0.3) is 0 Å². The molecule has 0 aromatic heterocycles. The molecule has 22 heavy (non-hydrogen) atoms. The van der Waals surface area contributed by atoms with Crippen molar-refractivity contribution in [2.45, 2.75) is 18.2 Å². The molecule has 1 aliphatic rings. The van der Waals surface area contributed by atoms with E-state index in [2.05, 4.69) is 0 Å². The lowest BCUT2D eigenvalue weighted by molar-refractivity contribution is 0.416. The van der Waals surface area contributed by atoms with Crippen LogP contribution >= 0.6 is 0 Å². The third-order valence-corrected chi connectivity index (χ3v) is 5.72. The molecular formula is C16H18N2O3S. The smallest absolute Gasteiger partial charge is 0.264 e. The van der Waals surface area contributed by atoms with Crippen LogP contribution in [-0.2, 0) is 16.4 Å². The highest BCUT2D eigenvalue weighted by Crippen LogP contribution is 2.38. The van der Waals surface area contributed by atoms with E-state index in [1.54, 1.807) is 37.4 Å². The summed E-state index contributed by atoms with van der Waals surface area (Å²) in [6, 6.07) is 10.4.